The number of para-hydroxylation sites is 1. The third kappa shape index (κ3) is 4.11. The molecule has 1 N–H and O–H groups in total. The fourth-order valence-corrected chi connectivity index (χ4v) is 3.25. The highest BCUT2D eigenvalue weighted by Gasteiger charge is 2.23. The Morgan fingerprint density at radius 1 is 0.857 bits per heavy atom. The first-order chi connectivity index (χ1) is 13.7. The monoisotopic (exact) mass is 373 g/mol. The molecule has 1 aromatic heterocycles. The van der Waals surface area contributed by atoms with Crippen LogP contribution in [0.1, 0.15) is 15.9 Å². The summed E-state index contributed by atoms with van der Waals surface area (Å²) < 4.78 is 0. The Balaban J connectivity index is 1.34. The van der Waals surface area contributed by atoms with Gasteiger partial charge in [0.1, 0.15) is 0 Å². The number of nitrogens with one attached hydrogen (secondary N) is 1. The lowest BCUT2D eigenvalue weighted by Gasteiger charge is -2.35. The standard InChI is InChI=1S/C22H23N5O/c1-17-7-9-18(10-8-17)22(28)27-15-13-26(14-16-27)21-12-11-20(24-25-21)23-19-5-3-2-4-6-19/h2-12H,13-16H2,1H3,(H,23,24). The normalized spacial score (nSPS) is 14.0. The molecule has 28 heavy (non-hydrogen) atoms. The van der Waals surface area contributed by atoms with Gasteiger partial charge in [-0.2, -0.15) is 0 Å². The zero-order chi connectivity index (χ0) is 19.3. The largest absolute Gasteiger partial charge is 0.352 e. The smallest absolute Gasteiger partial charge is 0.253 e. The molecule has 3 aromatic rings. The summed E-state index contributed by atoms with van der Waals surface area (Å²) in [6, 6.07) is 21.5. The lowest BCUT2D eigenvalue weighted by Crippen LogP contribution is -2.49. The first-order valence-corrected chi connectivity index (χ1v) is 9.46. The molecule has 2 heterocycles. The average molecular weight is 373 g/mol. The number of hydrogen-bond donors (Lipinski definition) is 1. The maximum Gasteiger partial charge on any atom is 0.253 e. The van der Waals surface area contributed by atoms with E-state index >= 15 is 0 Å². The highest BCUT2D eigenvalue weighted by Crippen LogP contribution is 2.18. The van der Waals surface area contributed by atoms with Crippen LogP contribution in [-0.2, 0) is 0 Å². The SMILES string of the molecule is Cc1ccc(C(=O)N2CCN(c3ccc(Nc4ccccc4)nn3)CC2)cc1. The summed E-state index contributed by atoms with van der Waals surface area (Å²) in [5, 5.41) is 11.9. The lowest BCUT2D eigenvalue weighted by atomic mass is 10.1. The second-order valence-electron chi connectivity index (χ2n) is 6.91. The number of amides is 1. The Hall–Kier alpha value is -3.41. The molecule has 0 spiro atoms. The fraction of sp³-hybridized carbons (Fsp3) is 0.227. The van der Waals surface area contributed by atoms with Crippen molar-refractivity contribution in [3.8, 4) is 0 Å². The van der Waals surface area contributed by atoms with Crippen molar-refractivity contribution in [1.29, 1.82) is 0 Å². The minimum Gasteiger partial charge on any atom is -0.352 e. The molecule has 1 saturated heterocycles. The molecule has 1 aliphatic rings. The molecule has 0 radical (unpaired) electrons. The number of anilines is 3. The van der Waals surface area contributed by atoms with Crippen LogP contribution in [0.3, 0.4) is 0 Å². The van der Waals surface area contributed by atoms with Crippen molar-refractivity contribution in [3.63, 3.8) is 0 Å². The van der Waals surface area contributed by atoms with Crippen LogP contribution in [0.5, 0.6) is 0 Å². The molecule has 1 aliphatic heterocycles. The highest BCUT2D eigenvalue weighted by atomic mass is 16.2. The van der Waals surface area contributed by atoms with Crippen molar-refractivity contribution < 1.29 is 4.79 Å². The van der Waals surface area contributed by atoms with Gasteiger partial charge in [0.15, 0.2) is 11.6 Å². The molecule has 142 valence electrons. The topological polar surface area (TPSA) is 61.4 Å². The van der Waals surface area contributed by atoms with Gasteiger partial charge in [0, 0.05) is 37.4 Å². The van der Waals surface area contributed by atoms with E-state index in [9.17, 15) is 4.79 Å². The molecule has 1 fully saturated rings. The Morgan fingerprint density at radius 3 is 2.21 bits per heavy atom. The van der Waals surface area contributed by atoms with Crippen molar-refractivity contribution in [2.75, 3.05) is 36.4 Å². The van der Waals surface area contributed by atoms with Crippen LogP contribution in [0.25, 0.3) is 0 Å². The van der Waals surface area contributed by atoms with Gasteiger partial charge in [0.25, 0.3) is 5.91 Å². The van der Waals surface area contributed by atoms with Crippen molar-refractivity contribution in [1.82, 2.24) is 15.1 Å². The minimum absolute atomic E-state index is 0.0909. The number of carbonyl (C=O) groups excluding carboxylic acids is 1. The maximum absolute atomic E-state index is 12.6. The van der Waals surface area contributed by atoms with Crippen molar-refractivity contribution in [2.45, 2.75) is 6.92 Å². The molecule has 0 unspecified atom stereocenters. The van der Waals surface area contributed by atoms with Crippen LogP contribution in [0.2, 0.25) is 0 Å². The van der Waals surface area contributed by atoms with Crippen LogP contribution in [-0.4, -0.2) is 47.2 Å². The Bertz CT molecular complexity index is 917. The summed E-state index contributed by atoms with van der Waals surface area (Å²) >= 11 is 0. The van der Waals surface area contributed by atoms with Crippen molar-refractivity contribution in [3.05, 3.63) is 77.9 Å². The molecule has 2 aromatic carbocycles. The summed E-state index contributed by atoms with van der Waals surface area (Å²) in [5.74, 6) is 1.64. The number of benzene rings is 2. The van der Waals surface area contributed by atoms with Gasteiger partial charge >= 0.3 is 0 Å². The van der Waals surface area contributed by atoms with Crippen LogP contribution in [0, 0.1) is 6.92 Å². The van der Waals surface area contributed by atoms with Gasteiger partial charge < -0.3 is 15.1 Å². The minimum atomic E-state index is 0.0909. The van der Waals surface area contributed by atoms with E-state index in [-0.39, 0.29) is 5.91 Å². The average Bonchev–Trinajstić information content (AvgIpc) is 2.75. The summed E-state index contributed by atoms with van der Waals surface area (Å²) in [4.78, 5) is 16.7. The van der Waals surface area contributed by atoms with Gasteiger partial charge in [-0.15, -0.1) is 10.2 Å². The second kappa shape index (κ2) is 8.08. The number of nitrogens with zero attached hydrogens (tertiary/aromatic N) is 4. The number of piperazine rings is 1. The maximum atomic E-state index is 12.6. The zero-order valence-electron chi connectivity index (χ0n) is 15.9. The molecule has 0 atom stereocenters. The van der Waals surface area contributed by atoms with E-state index in [0.717, 1.165) is 35.7 Å². The number of carbonyl (C=O) groups is 1. The Morgan fingerprint density at radius 2 is 1.57 bits per heavy atom. The molecule has 1 amide bonds. The number of rotatable bonds is 4. The molecular formula is C22H23N5O. The van der Waals surface area contributed by atoms with E-state index in [1.165, 1.54) is 0 Å². The van der Waals surface area contributed by atoms with Crippen LogP contribution in [0.15, 0.2) is 66.7 Å². The van der Waals surface area contributed by atoms with Gasteiger partial charge in [-0.05, 0) is 43.3 Å². The molecule has 6 heteroatoms. The molecule has 6 nitrogen and oxygen atoms in total. The summed E-state index contributed by atoms with van der Waals surface area (Å²) in [5.41, 5.74) is 2.88. The Labute approximate surface area is 164 Å². The van der Waals surface area contributed by atoms with Gasteiger partial charge in [-0.1, -0.05) is 35.9 Å². The first kappa shape index (κ1) is 18.0. The number of aromatic nitrogens is 2. The van der Waals surface area contributed by atoms with E-state index in [4.69, 9.17) is 0 Å². The molecule has 0 saturated carbocycles. The van der Waals surface area contributed by atoms with Gasteiger partial charge in [0.05, 0.1) is 0 Å². The molecule has 0 bridgehead atoms. The third-order valence-corrected chi connectivity index (χ3v) is 4.89. The predicted octanol–water partition coefficient (Wildman–Crippen LogP) is 3.49. The van der Waals surface area contributed by atoms with Gasteiger partial charge in [-0.3, -0.25) is 4.79 Å². The summed E-state index contributed by atoms with van der Waals surface area (Å²) in [7, 11) is 0. The molecule has 0 aliphatic carbocycles. The fourth-order valence-electron chi connectivity index (χ4n) is 3.25. The first-order valence-electron chi connectivity index (χ1n) is 9.46. The van der Waals surface area contributed by atoms with E-state index < -0.39 is 0 Å². The summed E-state index contributed by atoms with van der Waals surface area (Å²) in [6.45, 7) is 4.88. The van der Waals surface area contributed by atoms with Crippen LogP contribution in [0.4, 0.5) is 17.3 Å². The number of aryl methyl sites for hydroxylation is 1. The molecule has 4 rings (SSSR count). The van der Waals surface area contributed by atoms with Gasteiger partial charge in [0.2, 0.25) is 0 Å². The van der Waals surface area contributed by atoms with E-state index in [0.29, 0.717) is 18.9 Å². The van der Waals surface area contributed by atoms with E-state index in [1.54, 1.807) is 0 Å². The second-order valence-corrected chi connectivity index (χ2v) is 6.91. The number of hydrogen-bond acceptors (Lipinski definition) is 5. The van der Waals surface area contributed by atoms with E-state index in [2.05, 4.69) is 20.4 Å². The molecular weight excluding hydrogens is 350 g/mol. The quantitative estimate of drug-likeness (QED) is 0.759. The van der Waals surface area contributed by atoms with Crippen LogP contribution < -0.4 is 10.2 Å². The zero-order valence-corrected chi connectivity index (χ0v) is 15.9. The van der Waals surface area contributed by atoms with Crippen LogP contribution >= 0.6 is 0 Å². The van der Waals surface area contributed by atoms with Crippen molar-refractivity contribution >= 4 is 23.2 Å². The van der Waals surface area contributed by atoms with Gasteiger partial charge in [-0.25, -0.2) is 0 Å². The Kier molecular flexibility index (Phi) is 5.19. The summed E-state index contributed by atoms with van der Waals surface area (Å²) in [6.07, 6.45) is 0. The van der Waals surface area contributed by atoms with E-state index in [1.807, 2.05) is 78.6 Å². The highest BCUT2D eigenvalue weighted by molar-refractivity contribution is 5.94. The predicted molar refractivity (Wildman–Crippen MR) is 111 cm³/mol. The van der Waals surface area contributed by atoms with Crippen molar-refractivity contribution in [2.24, 2.45) is 0 Å². The third-order valence-electron chi connectivity index (χ3n) is 4.89. The lowest BCUT2D eigenvalue weighted by molar-refractivity contribution is 0.0746.